The van der Waals surface area contributed by atoms with Crippen LogP contribution in [-0.2, 0) is 6.42 Å². The molecule has 55 heavy (non-hydrogen) atoms. The first-order chi connectivity index (χ1) is 26.9. The Labute approximate surface area is 344 Å². The minimum atomic E-state index is 1.06. The molecule has 290 valence electrons. The van der Waals surface area contributed by atoms with Gasteiger partial charge in [-0.1, -0.05) is 188 Å². The quantitative estimate of drug-likeness (QED) is 0.262. The van der Waals surface area contributed by atoms with Crippen LogP contribution in [0.2, 0.25) is 0 Å². The van der Waals surface area contributed by atoms with Gasteiger partial charge in [0.25, 0.3) is 0 Å². The number of hydrogen-bond donors (Lipinski definition) is 1. The molecule has 3 aliphatic carbocycles. The standard InChI is InChI=1S/C24H22S2.C20H20.C2H5N.3C2H6/c1-16-8-4-7-11-21(16)17(2)12-13-22-18(3)25-23-14-19-9-5-6-10-20(19)15-24(23)26-22;1-16(17-8-4-2-5-9-17)18-12-14-20(15-13-18)19-10-6-3-7-11-19;1-2-3;3*1-2/h4,6-8,10-15H,2,5,9H2,1,3H3;2-8,10-12,14H,9,13,15H2,1H3;2H,1,3H2;3*1-2H3/b13-12-;17-16+;;;;. The molecule has 2 N–H and O–H groups in total. The van der Waals surface area contributed by atoms with Gasteiger partial charge in [-0.2, -0.15) is 0 Å². The maximum atomic E-state index is 4.61. The summed E-state index contributed by atoms with van der Waals surface area (Å²) in [4.78, 5) is 5.45. The molecule has 0 saturated heterocycles. The number of thioether (sulfide) groups is 2. The molecule has 0 saturated carbocycles. The molecule has 1 nitrogen and oxygen atoms in total. The molecule has 4 aliphatic rings. The van der Waals surface area contributed by atoms with E-state index in [0.29, 0.717) is 0 Å². The van der Waals surface area contributed by atoms with Crippen LogP contribution in [0.4, 0.5) is 0 Å². The molecule has 0 bridgehead atoms. The van der Waals surface area contributed by atoms with Gasteiger partial charge in [-0.25, -0.2) is 0 Å². The van der Waals surface area contributed by atoms with E-state index in [-0.39, 0.29) is 0 Å². The second-order valence-corrected chi connectivity index (χ2v) is 14.7. The van der Waals surface area contributed by atoms with Crippen molar-refractivity contribution in [3.63, 3.8) is 0 Å². The third kappa shape index (κ3) is 14.3. The van der Waals surface area contributed by atoms with Gasteiger partial charge < -0.3 is 5.73 Å². The summed E-state index contributed by atoms with van der Waals surface area (Å²) in [6, 6.07) is 23.9. The van der Waals surface area contributed by atoms with Crippen molar-refractivity contribution in [3.05, 3.63) is 195 Å². The molecule has 0 amide bonds. The fourth-order valence-electron chi connectivity index (χ4n) is 6.19. The van der Waals surface area contributed by atoms with Gasteiger partial charge in [0.1, 0.15) is 0 Å². The minimum absolute atomic E-state index is 1.06. The highest BCUT2D eigenvalue weighted by Crippen LogP contribution is 2.48. The molecule has 3 aromatic rings. The van der Waals surface area contributed by atoms with Crippen LogP contribution in [0.15, 0.2) is 177 Å². The normalized spacial score (nSPS) is 15.5. The number of aryl methyl sites for hydroxylation is 2. The highest BCUT2D eigenvalue weighted by atomic mass is 32.2. The Hall–Kier alpha value is -4.44. The maximum absolute atomic E-state index is 4.61. The lowest BCUT2D eigenvalue weighted by Crippen LogP contribution is -1.98. The van der Waals surface area contributed by atoms with E-state index >= 15 is 0 Å². The van der Waals surface area contributed by atoms with Gasteiger partial charge >= 0.3 is 0 Å². The van der Waals surface area contributed by atoms with Gasteiger partial charge in [-0.3, -0.25) is 0 Å². The summed E-state index contributed by atoms with van der Waals surface area (Å²) < 4.78 is 0. The van der Waals surface area contributed by atoms with Crippen LogP contribution >= 0.6 is 23.5 Å². The molecule has 0 spiro atoms. The van der Waals surface area contributed by atoms with Crippen LogP contribution < -0.4 is 5.73 Å². The van der Waals surface area contributed by atoms with E-state index in [0.717, 1.165) is 37.7 Å². The maximum Gasteiger partial charge on any atom is 0.0268 e. The SMILES string of the molecule is C/C(C1=CC=C(c2ccccc2)CC1)=C1/C=CC=CC1.C=C(/C=C\C1=C(C)Sc2cc3c(cc2S1)C=CCC3)c1ccccc1C.C=CN.CC.CC.CC. The molecule has 0 radical (unpaired) electrons. The first kappa shape index (κ1) is 46.7. The third-order valence-electron chi connectivity index (χ3n) is 8.98. The van der Waals surface area contributed by atoms with Gasteiger partial charge in [-0.15, -0.1) is 0 Å². The van der Waals surface area contributed by atoms with Crippen molar-refractivity contribution in [2.45, 2.75) is 104 Å². The molecule has 0 atom stereocenters. The number of allylic oxidation sites excluding steroid dienone is 15. The van der Waals surface area contributed by atoms with Crippen molar-refractivity contribution in [3.8, 4) is 0 Å². The van der Waals surface area contributed by atoms with Gasteiger partial charge in [0.15, 0.2) is 0 Å². The zero-order valence-electron chi connectivity index (χ0n) is 35.0. The number of fused-ring (bicyclic) bond motifs is 2. The molecule has 1 aliphatic heterocycles. The van der Waals surface area contributed by atoms with Crippen molar-refractivity contribution >= 4 is 40.7 Å². The number of rotatable bonds is 5. The lowest BCUT2D eigenvalue weighted by molar-refractivity contribution is 0.967. The summed E-state index contributed by atoms with van der Waals surface area (Å²) in [5.41, 5.74) is 18.2. The molecular weight excluding hydrogens is 703 g/mol. The van der Waals surface area contributed by atoms with Gasteiger partial charge in [0.2, 0.25) is 0 Å². The topological polar surface area (TPSA) is 26.0 Å². The largest absolute Gasteiger partial charge is 0.405 e. The Morgan fingerprint density at radius 1 is 0.764 bits per heavy atom. The van der Waals surface area contributed by atoms with E-state index in [9.17, 15) is 0 Å². The predicted molar refractivity (Wildman–Crippen MR) is 253 cm³/mol. The van der Waals surface area contributed by atoms with Crippen LogP contribution in [0.3, 0.4) is 0 Å². The van der Waals surface area contributed by atoms with E-state index in [1.807, 2.05) is 65.1 Å². The Morgan fingerprint density at radius 2 is 1.44 bits per heavy atom. The van der Waals surface area contributed by atoms with Crippen LogP contribution in [-0.4, -0.2) is 0 Å². The number of nitrogens with two attached hydrogens (primary N) is 1. The van der Waals surface area contributed by atoms with Gasteiger partial charge in [-0.05, 0) is 133 Å². The average molecular weight is 768 g/mol. The molecule has 7 rings (SSSR count). The molecular formula is C52H65NS2. The molecule has 1 heterocycles. The smallest absolute Gasteiger partial charge is 0.0268 e. The van der Waals surface area contributed by atoms with Gasteiger partial charge in [0, 0.05) is 19.6 Å². The third-order valence-corrected chi connectivity index (χ3v) is 11.5. The summed E-state index contributed by atoms with van der Waals surface area (Å²) in [5.74, 6) is 0. The van der Waals surface area contributed by atoms with Crippen LogP contribution in [0.1, 0.15) is 109 Å². The zero-order valence-corrected chi connectivity index (χ0v) is 36.7. The second kappa shape index (κ2) is 26.4. The highest BCUT2D eigenvalue weighted by molar-refractivity contribution is 8.09. The second-order valence-electron chi connectivity index (χ2n) is 12.4. The van der Waals surface area contributed by atoms with Crippen molar-refractivity contribution in [1.82, 2.24) is 0 Å². The summed E-state index contributed by atoms with van der Waals surface area (Å²) in [7, 11) is 0. The molecule has 0 fully saturated rings. The van der Waals surface area contributed by atoms with Gasteiger partial charge in [0.05, 0.1) is 0 Å². The molecule has 3 aromatic carbocycles. The molecule has 0 aromatic heterocycles. The van der Waals surface area contributed by atoms with Crippen molar-refractivity contribution in [2.75, 3.05) is 0 Å². The van der Waals surface area contributed by atoms with Crippen LogP contribution in [0, 0.1) is 6.92 Å². The lowest BCUT2D eigenvalue weighted by Gasteiger charge is -2.21. The van der Waals surface area contributed by atoms with Crippen LogP contribution in [0.25, 0.3) is 17.2 Å². The summed E-state index contributed by atoms with van der Waals surface area (Å²) in [6.07, 6.45) is 29.2. The first-order valence-corrected chi connectivity index (χ1v) is 21.7. The Kier molecular flexibility index (Phi) is 22.4. The van der Waals surface area contributed by atoms with Crippen molar-refractivity contribution in [1.29, 1.82) is 0 Å². The molecule has 3 heteroatoms. The summed E-state index contributed by atoms with van der Waals surface area (Å²) in [5, 5.41) is 0. The fourth-order valence-corrected chi connectivity index (χ4v) is 8.42. The zero-order chi connectivity index (χ0) is 40.6. The summed E-state index contributed by atoms with van der Waals surface area (Å²) in [6.45, 7) is 26.0. The van der Waals surface area contributed by atoms with Crippen LogP contribution in [0.5, 0.6) is 0 Å². The Balaban J connectivity index is 0.000000322. The summed E-state index contributed by atoms with van der Waals surface area (Å²) >= 11 is 3.77. The monoisotopic (exact) mass is 767 g/mol. The number of benzene rings is 3. The Morgan fingerprint density at radius 3 is 2.07 bits per heavy atom. The number of hydrogen-bond acceptors (Lipinski definition) is 3. The average Bonchev–Trinajstić information content (AvgIpc) is 3.25. The van der Waals surface area contributed by atoms with E-state index in [1.54, 1.807) is 0 Å². The van der Waals surface area contributed by atoms with E-state index < -0.39 is 0 Å². The van der Waals surface area contributed by atoms with E-state index in [1.165, 1.54) is 75.9 Å². The molecule has 0 unspecified atom stereocenters. The highest BCUT2D eigenvalue weighted by Gasteiger charge is 2.19. The Bertz CT molecular complexity index is 1940. The fraction of sp³-hybridized carbons (Fsp3) is 0.269. The van der Waals surface area contributed by atoms with E-state index in [4.69, 9.17) is 0 Å². The first-order valence-electron chi connectivity index (χ1n) is 20.0. The van der Waals surface area contributed by atoms with Crippen molar-refractivity contribution < 1.29 is 0 Å². The van der Waals surface area contributed by atoms with Crippen molar-refractivity contribution in [2.24, 2.45) is 5.73 Å². The predicted octanol–water partition coefficient (Wildman–Crippen LogP) is 16.4. The lowest BCUT2D eigenvalue weighted by atomic mass is 9.87. The minimum Gasteiger partial charge on any atom is -0.405 e. The van der Waals surface area contributed by atoms with E-state index in [2.05, 4.69) is 167 Å².